The number of hydrogen-bond donors (Lipinski definition) is 2. The first-order valence-electron chi connectivity index (χ1n) is 6.09. The van der Waals surface area contributed by atoms with Crippen LogP contribution in [0.25, 0.3) is 0 Å². The number of nitrogens with one attached hydrogen (secondary N) is 2. The summed E-state index contributed by atoms with van der Waals surface area (Å²) >= 11 is 5.03. The van der Waals surface area contributed by atoms with Gasteiger partial charge in [-0.25, -0.2) is 13.1 Å². The largest absolute Gasteiger partial charge is 0.379 e. The first kappa shape index (κ1) is 15.5. The minimum Gasteiger partial charge on any atom is -0.379 e. The number of anilines is 1. The van der Waals surface area contributed by atoms with E-state index in [0.29, 0.717) is 18.8 Å². The lowest BCUT2D eigenvalue weighted by molar-refractivity contribution is 0.584. The molecule has 0 spiro atoms. The molecule has 0 amide bonds. The zero-order valence-corrected chi connectivity index (χ0v) is 14.1. The van der Waals surface area contributed by atoms with Crippen LogP contribution in [-0.4, -0.2) is 15.0 Å². The Bertz CT molecular complexity index is 683. The predicted molar refractivity (Wildman–Crippen MR) is 86.7 cm³/mol. The first-order chi connectivity index (χ1) is 9.53. The van der Waals surface area contributed by atoms with Crippen LogP contribution in [0.5, 0.6) is 0 Å². The van der Waals surface area contributed by atoms with Crippen molar-refractivity contribution in [2.45, 2.75) is 18.4 Å². The van der Waals surface area contributed by atoms with E-state index in [9.17, 15) is 8.42 Å². The third-order valence-corrected chi connectivity index (χ3v) is 5.82. The van der Waals surface area contributed by atoms with Crippen molar-refractivity contribution in [1.29, 1.82) is 0 Å². The number of halogens is 1. The molecule has 0 atom stereocenters. The molecule has 0 saturated heterocycles. The van der Waals surface area contributed by atoms with E-state index >= 15 is 0 Å². The van der Waals surface area contributed by atoms with Gasteiger partial charge in [0.25, 0.3) is 0 Å². The van der Waals surface area contributed by atoms with Crippen molar-refractivity contribution in [3.63, 3.8) is 0 Å². The van der Waals surface area contributed by atoms with Crippen LogP contribution in [0, 0.1) is 0 Å². The SMILES string of the molecule is CCNS(=O)(=O)c1ccccc1NCc1ccc(Br)s1. The fourth-order valence-corrected chi connectivity index (χ4v) is 4.39. The van der Waals surface area contributed by atoms with Crippen LogP contribution in [0.2, 0.25) is 0 Å². The molecule has 0 unspecified atom stereocenters. The average molecular weight is 375 g/mol. The molecule has 0 aliphatic carbocycles. The second-order valence-corrected chi connectivity index (χ2v) is 8.34. The molecule has 0 aliphatic rings. The molecule has 2 N–H and O–H groups in total. The van der Waals surface area contributed by atoms with Gasteiger partial charge in [0.05, 0.1) is 9.47 Å². The van der Waals surface area contributed by atoms with Crippen molar-refractivity contribution < 1.29 is 8.42 Å². The Morgan fingerprint density at radius 3 is 2.60 bits per heavy atom. The lowest BCUT2D eigenvalue weighted by atomic mass is 10.3. The van der Waals surface area contributed by atoms with Gasteiger partial charge in [-0.05, 0) is 40.2 Å². The van der Waals surface area contributed by atoms with E-state index in [0.717, 1.165) is 8.66 Å². The van der Waals surface area contributed by atoms with Gasteiger partial charge in [-0.3, -0.25) is 0 Å². The Morgan fingerprint density at radius 1 is 1.20 bits per heavy atom. The molecular formula is C13H15BrN2O2S2. The smallest absolute Gasteiger partial charge is 0.242 e. The van der Waals surface area contributed by atoms with E-state index in [1.165, 1.54) is 0 Å². The molecule has 0 saturated carbocycles. The molecule has 108 valence electrons. The standard InChI is InChI=1S/C13H15BrN2O2S2/c1-2-16-20(17,18)12-6-4-3-5-11(12)15-9-10-7-8-13(14)19-10/h3-8,15-16H,2,9H2,1H3. The summed E-state index contributed by atoms with van der Waals surface area (Å²) < 4.78 is 27.8. The van der Waals surface area contributed by atoms with Crippen molar-refractivity contribution in [3.8, 4) is 0 Å². The van der Waals surface area contributed by atoms with Gasteiger partial charge in [0.2, 0.25) is 10.0 Å². The molecule has 2 aromatic rings. The van der Waals surface area contributed by atoms with Gasteiger partial charge in [0.15, 0.2) is 0 Å². The van der Waals surface area contributed by atoms with Gasteiger partial charge in [-0.1, -0.05) is 19.1 Å². The Labute approximate surface area is 131 Å². The van der Waals surface area contributed by atoms with Crippen LogP contribution in [0.15, 0.2) is 45.1 Å². The van der Waals surface area contributed by atoms with Gasteiger partial charge >= 0.3 is 0 Å². The highest BCUT2D eigenvalue weighted by Crippen LogP contribution is 2.25. The molecule has 0 radical (unpaired) electrons. The maximum Gasteiger partial charge on any atom is 0.242 e. The highest BCUT2D eigenvalue weighted by molar-refractivity contribution is 9.11. The highest BCUT2D eigenvalue weighted by atomic mass is 79.9. The molecule has 1 aromatic heterocycles. The summed E-state index contributed by atoms with van der Waals surface area (Å²) in [6.07, 6.45) is 0. The number of thiophene rings is 1. The quantitative estimate of drug-likeness (QED) is 0.814. The van der Waals surface area contributed by atoms with Crippen LogP contribution in [-0.2, 0) is 16.6 Å². The lowest BCUT2D eigenvalue weighted by Gasteiger charge is -2.12. The van der Waals surface area contributed by atoms with E-state index < -0.39 is 10.0 Å². The highest BCUT2D eigenvalue weighted by Gasteiger charge is 2.16. The fourth-order valence-electron chi connectivity index (χ4n) is 1.74. The van der Waals surface area contributed by atoms with E-state index in [1.54, 1.807) is 36.5 Å². The monoisotopic (exact) mass is 374 g/mol. The van der Waals surface area contributed by atoms with Crippen molar-refractivity contribution in [2.24, 2.45) is 0 Å². The minimum absolute atomic E-state index is 0.275. The number of rotatable bonds is 6. The van der Waals surface area contributed by atoms with Crippen molar-refractivity contribution >= 4 is 43.0 Å². The second kappa shape index (κ2) is 6.71. The normalized spacial score (nSPS) is 11.5. The summed E-state index contributed by atoms with van der Waals surface area (Å²) in [5, 5.41) is 3.18. The van der Waals surface area contributed by atoms with E-state index in [2.05, 4.69) is 26.0 Å². The summed E-state index contributed by atoms with van der Waals surface area (Å²) in [5.41, 5.74) is 0.609. The molecule has 1 aromatic carbocycles. The molecule has 20 heavy (non-hydrogen) atoms. The molecule has 1 heterocycles. The second-order valence-electron chi connectivity index (χ2n) is 4.06. The van der Waals surface area contributed by atoms with Gasteiger partial charge in [-0.2, -0.15) is 0 Å². The van der Waals surface area contributed by atoms with Gasteiger partial charge in [0, 0.05) is 18.0 Å². The van der Waals surface area contributed by atoms with Gasteiger partial charge in [-0.15, -0.1) is 11.3 Å². The Balaban J connectivity index is 2.20. The van der Waals surface area contributed by atoms with Crippen LogP contribution >= 0.6 is 27.3 Å². The molecule has 2 rings (SSSR count). The van der Waals surface area contributed by atoms with Crippen molar-refractivity contribution in [1.82, 2.24) is 4.72 Å². The summed E-state index contributed by atoms with van der Waals surface area (Å²) in [4.78, 5) is 1.41. The van der Waals surface area contributed by atoms with Gasteiger partial charge < -0.3 is 5.32 Å². The molecule has 0 aliphatic heterocycles. The maximum atomic E-state index is 12.1. The summed E-state index contributed by atoms with van der Waals surface area (Å²) in [6.45, 7) is 2.72. The Kier molecular flexibility index (Phi) is 5.20. The number of sulfonamides is 1. The van der Waals surface area contributed by atoms with Crippen molar-refractivity contribution in [2.75, 3.05) is 11.9 Å². The van der Waals surface area contributed by atoms with E-state index in [1.807, 2.05) is 18.2 Å². The van der Waals surface area contributed by atoms with Crippen molar-refractivity contribution in [3.05, 3.63) is 45.1 Å². The van der Waals surface area contributed by atoms with Crippen LogP contribution in [0.4, 0.5) is 5.69 Å². The maximum absolute atomic E-state index is 12.1. The summed E-state index contributed by atoms with van der Waals surface area (Å²) in [5.74, 6) is 0. The number of para-hydroxylation sites is 1. The third-order valence-electron chi connectivity index (χ3n) is 2.59. The summed E-state index contributed by atoms with van der Waals surface area (Å²) in [6, 6.07) is 10.9. The van der Waals surface area contributed by atoms with Gasteiger partial charge in [0.1, 0.15) is 4.90 Å². The zero-order valence-electron chi connectivity index (χ0n) is 10.9. The Morgan fingerprint density at radius 2 is 1.95 bits per heavy atom. The topological polar surface area (TPSA) is 58.2 Å². The first-order valence-corrected chi connectivity index (χ1v) is 9.19. The molecule has 0 bridgehead atoms. The van der Waals surface area contributed by atoms with Crippen LogP contribution < -0.4 is 10.0 Å². The summed E-state index contributed by atoms with van der Waals surface area (Å²) in [7, 11) is -3.46. The average Bonchev–Trinajstić information content (AvgIpc) is 2.82. The van der Waals surface area contributed by atoms with E-state index in [-0.39, 0.29) is 4.90 Å². The molecular weight excluding hydrogens is 360 g/mol. The van der Waals surface area contributed by atoms with Crippen LogP contribution in [0.1, 0.15) is 11.8 Å². The molecule has 0 fully saturated rings. The number of hydrogen-bond acceptors (Lipinski definition) is 4. The Hall–Kier alpha value is -0.890. The minimum atomic E-state index is -3.46. The molecule has 7 heteroatoms. The zero-order chi connectivity index (χ0) is 14.6. The third kappa shape index (κ3) is 3.82. The lowest BCUT2D eigenvalue weighted by Crippen LogP contribution is -2.24. The van der Waals surface area contributed by atoms with E-state index in [4.69, 9.17) is 0 Å². The number of benzene rings is 1. The molecule has 4 nitrogen and oxygen atoms in total. The predicted octanol–water partition coefficient (Wildman–Crippen LogP) is 3.42. The van der Waals surface area contributed by atoms with Crippen LogP contribution in [0.3, 0.4) is 0 Å². The fraction of sp³-hybridized carbons (Fsp3) is 0.231.